The van der Waals surface area contributed by atoms with Crippen molar-refractivity contribution in [2.75, 3.05) is 36.0 Å². The van der Waals surface area contributed by atoms with Crippen molar-refractivity contribution >= 4 is 40.7 Å². The Morgan fingerprint density at radius 3 is 2.46 bits per heavy atom. The molecule has 0 saturated carbocycles. The van der Waals surface area contributed by atoms with E-state index in [-0.39, 0.29) is 30.9 Å². The van der Waals surface area contributed by atoms with Crippen molar-refractivity contribution < 1.29 is 24.2 Å². The summed E-state index contributed by atoms with van der Waals surface area (Å²) < 4.78 is 6.73. The van der Waals surface area contributed by atoms with Crippen LogP contribution in [0.15, 0.2) is 72.8 Å². The van der Waals surface area contributed by atoms with Crippen LogP contribution in [-0.4, -0.2) is 71.7 Å². The fourth-order valence-electron chi connectivity index (χ4n) is 6.95. The number of carbonyl (C=O) groups is 3. The van der Waals surface area contributed by atoms with E-state index in [1.54, 1.807) is 20.8 Å². The minimum Gasteiger partial charge on any atom is -0.396 e. The normalized spacial score (nSPS) is 29.0. The molecule has 2 aromatic carbocycles. The number of aliphatic hydroxyl groups is 1. The lowest BCUT2D eigenvalue weighted by Gasteiger charge is -2.36. The molecule has 3 amide bonds. The number of aryl methyl sites for hydroxylation is 1. The van der Waals surface area contributed by atoms with Crippen LogP contribution in [-0.2, 0) is 19.1 Å². The molecular weight excluding hydrogens is 542 g/mol. The number of hydrogen-bond donors (Lipinski definition) is 1. The quantitative estimate of drug-likeness (QED) is 0.399. The van der Waals surface area contributed by atoms with E-state index in [2.05, 4.69) is 0 Å². The van der Waals surface area contributed by atoms with Gasteiger partial charge in [-0.1, -0.05) is 66.2 Å². The highest BCUT2D eigenvalue weighted by molar-refractivity contribution is 6.34. The second kappa shape index (κ2) is 11.1. The Morgan fingerprint density at radius 1 is 0.927 bits per heavy atom. The monoisotopic (exact) mass is 575 g/mol. The van der Waals surface area contributed by atoms with Crippen molar-refractivity contribution in [3.05, 3.63) is 83.4 Å². The lowest BCUT2D eigenvalue weighted by molar-refractivity contribution is -0.140. The Balaban J connectivity index is 1.43. The molecule has 0 radical (unpaired) electrons. The van der Waals surface area contributed by atoms with E-state index >= 15 is 0 Å². The molecule has 2 saturated heterocycles. The topological polar surface area (TPSA) is 90.4 Å². The second-order valence-electron chi connectivity index (χ2n) is 11.1. The SMILES string of the molecule is Cc1cccc(Cl)c1N1CC=C[C@]23O[C@H]4C=CCN(c5ccccc5)C(=O)[C@H]4[C@H]2C(=O)N(CCCCCO)C3C1=O. The number of carbonyl (C=O) groups excluding carboxylic acids is 3. The molecule has 1 N–H and O–H groups in total. The number of nitrogens with zero attached hydrogens (tertiary/aromatic N) is 3. The van der Waals surface area contributed by atoms with E-state index in [4.69, 9.17) is 16.3 Å². The molecule has 4 aliphatic heterocycles. The van der Waals surface area contributed by atoms with Gasteiger partial charge in [-0.2, -0.15) is 0 Å². The maximum absolute atomic E-state index is 14.6. The number of hydrogen-bond acceptors (Lipinski definition) is 5. The average molecular weight is 576 g/mol. The third-order valence-corrected chi connectivity index (χ3v) is 9.05. The summed E-state index contributed by atoms with van der Waals surface area (Å²) in [4.78, 5) is 48.1. The highest BCUT2D eigenvalue weighted by atomic mass is 35.5. The zero-order valence-corrected chi connectivity index (χ0v) is 23.7. The van der Waals surface area contributed by atoms with Gasteiger partial charge in [0.05, 0.1) is 28.6 Å². The van der Waals surface area contributed by atoms with Crippen molar-refractivity contribution in [3.63, 3.8) is 0 Å². The van der Waals surface area contributed by atoms with Gasteiger partial charge in [0, 0.05) is 31.9 Å². The molecule has 5 atom stereocenters. The summed E-state index contributed by atoms with van der Waals surface area (Å²) in [6.45, 7) is 2.92. The first-order valence-electron chi connectivity index (χ1n) is 14.3. The summed E-state index contributed by atoms with van der Waals surface area (Å²) in [6, 6.07) is 13.9. The number of benzene rings is 2. The van der Waals surface area contributed by atoms with E-state index in [1.807, 2.05) is 73.7 Å². The second-order valence-corrected chi connectivity index (χ2v) is 11.5. The Kier molecular flexibility index (Phi) is 7.49. The van der Waals surface area contributed by atoms with Crippen LogP contribution in [0.3, 0.4) is 0 Å². The Bertz CT molecular complexity index is 1390. The molecule has 1 unspecified atom stereocenters. The van der Waals surface area contributed by atoms with Gasteiger partial charge in [0.25, 0.3) is 5.91 Å². The molecule has 4 heterocycles. The third kappa shape index (κ3) is 4.49. The Morgan fingerprint density at radius 2 is 1.71 bits per heavy atom. The molecule has 0 bridgehead atoms. The summed E-state index contributed by atoms with van der Waals surface area (Å²) in [7, 11) is 0. The minimum atomic E-state index is -1.30. The fraction of sp³-hybridized carbons (Fsp3) is 0.406. The number of unbranched alkanes of at least 4 members (excludes halogenated alkanes) is 2. The molecule has 2 fully saturated rings. The van der Waals surface area contributed by atoms with Gasteiger partial charge in [-0.3, -0.25) is 14.4 Å². The molecule has 6 rings (SSSR count). The van der Waals surface area contributed by atoms with Crippen LogP contribution < -0.4 is 9.80 Å². The number of amides is 3. The van der Waals surface area contributed by atoms with Crippen LogP contribution in [0.2, 0.25) is 5.02 Å². The smallest absolute Gasteiger partial charge is 0.253 e. The highest BCUT2D eigenvalue weighted by Crippen LogP contribution is 2.54. The molecule has 0 aliphatic carbocycles. The first-order valence-corrected chi connectivity index (χ1v) is 14.6. The van der Waals surface area contributed by atoms with E-state index in [0.717, 1.165) is 11.3 Å². The molecule has 2 aromatic rings. The maximum atomic E-state index is 14.6. The number of halogens is 1. The van der Waals surface area contributed by atoms with Gasteiger partial charge in [0.15, 0.2) is 0 Å². The van der Waals surface area contributed by atoms with Gasteiger partial charge >= 0.3 is 0 Å². The first-order chi connectivity index (χ1) is 19.9. The van der Waals surface area contributed by atoms with Crippen molar-refractivity contribution in [2.45, 2.75) is 43.9 Å². The molecule has 1 spiro atoms. The zero-order valence-electron chi connectivity index (χ0n) is 23.0. The predicted molar refractivity (Wildman–Crippen MR) is 157 cm³/mol. The van der Waals surface area contributed by atoms with E-state index in [9.17, 15) is 19.5 Å². The van der Waals surface area contributed by atoms with Crippen molar-refractivity contribution in [2.24, 2.45) is 11.8 Å². The lowest BCUT2D eigenvalue weighted by Crippen LogP contribution is -2.55. The molecule has 0 aromatic heterocycles. The summed E-state index contributed by atoms with van der Waals surface area (Å²) in [6.07, 6.45) is 8.77. The van der Waals surface area contributed by atoms with Crippen molar-refractivity contribution in [1.82, 2.24) is 4.90 Å². The Hall–Kier alpha value is -3.46. The fourth-order valence-corrected chi connectivity index (χ4v) is 7.28. The van der Waals surface area contributed by atoms with Gasteiger partial charge in [-0.15, -0.1) is 0 Å². The summed E-state index contributed by atoms with van der Waals surface area (Å²) in [5.41, 5.74) is 0.902. The largest absolute Gasteiger partial charge is 0.396 e. The number of likely N-dealkylation sites (tertiary alicyclic amines) is 1. The van der Waals surface area contributed by atoms with Crippen LogP contribution in [0.1, 0.15) is 24.8 Å². The zero-order chi connectivity index (χ0) is 28.7. The van der Waals surface area contributed by atoms with Crippen molar-refractivity contribution in [1.29, 1.82) is 0 Å². The van der Waals surface area contributed by atoms with Gasteiger partial charge in [-0.25, -0.2) is 0 Å². The summed E-state index contributed by atoms with van der Waals surface area (Å²) >= 11 is 6.62. The number of para-hydroxylation sites is 2. The standard InChI is InChI=1S/C32H34ClN3O5/c1-21-11-8-14-23(33)27(21)35-19-10-16-32-26(30(39)36(28(32)31(35)40)17-6-3-7-20-37)25-24(41-32)15-9-18-34(29(25)38)22-12-4-2-5-13-22/h2,4-5,8-16,24-26,28,37H,3,6-7,17-20H2,1H3/t24-,25+,26-,28?,32-/m0/s1. The molecule has 4 aliphatic rings. The van der Waals surface area contributed by atoms with Crippen LogP contribution in [0.25, 0.3) is 0 Å². The number of ether oxygens (including phenoxy) is 1. The van der Waals surface area contributed by atoms with E-state index in [1.165, 1.54) is 0 Å². The predicted octanol–water partition coefficient (Wildman–Crippen LogP) is 3.90. The number of aliphatic hydroxyl groups excluding tert-OH is 1. The van der Waals surface area contributed by atoms with Gasteiger partial charge in [0.2, 0.25) is 11.8 Å². The van der Waals surface area contributed by atoms with Gasteiger partial charge in [0.1, 0.15) is 11.6 Å². The third-order valence-electron chi connectivity index (χ3n) is 8.74. The molecule has 8 nitrogen and oxygen atoms in total. The summed E-state index contributed by atoms with van der Waals surface area (Å²) in [5, 5.41) is 9.74. The minimum absolute atomic E-state index is 0.0637. The van der Waals surface area contributed by atoms with Gasteiger partial charge < -0.3 is 24.5 Å². The van der Waals surface area contributed by atoms with Crippen LogP contribution >= 0.6 is 11.6 Å². The number of rotatable bonds is 7. The maximum Gasteiger partial charge on any atom is 0.253 e. The average Bonchev–Trinajstić information content (AvgIpc) is 3.27. The molecule has 214 valence electrons. The van der Waals surface area contributed by atoms with Crippen molar-refractivity contribution in [3.8, 4) is 0 Å². The molecule has 41 heavy (non-hydrogen) atoms. The summed E-state index contributed by atoms with van der Waals surface area (Å²) in [5.74, 6) is -2.36. The van der Waals surface area contributed by atoms with Gasteiger partial charge in [-0.05, 0) is 49.9 Å². The molecular formula is C32H34ClN3O5. The number of anilines is 2. The first kappa shape index (κ1) is 27.7. The van der Waals surface area contributed by atoms with Crippen LogP contribution in [0.5, 0.6) is 0 Å². The highest BCUT2D eigenvalue weighted by Gasteiger charge is 2.71. The van der Waals surface area contributed by atoms with Crippen LogP contribution in [0, 0.1) is 18.8 Å². The van der Waals surface area contributed by atoms with Crippen LogP contribution in [0.4, 0.5) is 11.4 Å². The Labute approximate surface area is 244 Å². The van der Waals surface area contributed by atoms with E-state index in [0.29, 0.717) is 43.1 Å². The molecule has 9 heteroatoms. The van der Waals surface area contributed by atoms with E-state index < -0.39 is 29.6 Å². The number of fused-ring (bicyclic) bond motifs is 2. The lowest BCUT2D eigenvalue weighted by atomic mass is 9.77.